The smallest absolute Gasteiger partial charge is 0.303 e. The normalized spacial score (nSPS) is 16.0. The van der Waals surface area contributed by atoms with Gasteiger partial charge in [0.05, 0.1) is 5.56 Å². The monoisotopic (exact) mass is 388 g/mol. The number of imide groups is 1. The predicted molar refractivity (Wildman–Crippen MR) is 97.6 cm³/mol. The molecule has 0 aliphatic carbocycles. The van der Waals surface area contributed by atoms with Crippen LogP contribution in [0.2, 0.25) is 0 Å². The number of amides is 3. The third-order valence-corrected chi connectivity index (χ3v) is 4.18. The van der Waals surface area contributed by atoms with E-state index in [1.165, 1.54) is 12.1 Å². The summed E-state index contributed by atoms with van der Waals surface area (Å²) in [7, 11) is 0. The van der Waals surface area contributed by atoms with Crippen LogP contribution in [0, 0.1) is 17.7 Å². The largest absolute Gasteiger partial charge is 0.481 e. The minimum atomic E-state index is -0.870. The van der Waals surface area contributed by atoms with Gasteiger partial charge in [0.2, 0.25) is 11.8 Å². The Morgan fingerprint density at radius 1 is 1.25 bits per heavy atom. The van der Waals surface area contributed by atoms with Gasteiger partial charge in [0.1, 0.15) is 11.9 Å². The van der Waals surface area contributed by atoms with Gasteiger partial charge in [0, 0.05) is 24.8 Å². The fourth-order valence-corrected chi connectivity index (χ4v) is 2.68. The molecular formula is C20H21FN2O5. The molecule has 0 bridgehead atoms. The van der Waals surface area contributed by atoms with E-state index in [4.69, 9.17) is 5.11 Å². The number of piperidine rings is 1. The van der Waals surface area contributed by atoms with Gasteiger partial charge < -0.3 is 10.4 Å². The molecule has 1 atom stereocenters. The number of benzene rings is 1. The second-order valence-electron chi connectivity index (χ2n) is 6.43. The molecule has 0 aromatic heterocycles. The van der Waals surface area contributed by atoms with E-state index in [-0.39, 0.29) is 24.8 Å². The Balaban J connectivity index is 1.87. The summed E-state index contributed by atoms with van der Waals surface area (Å²) in [5.41, 5.74) is 0.213. The Hall–Kier alpha value is -3.21. The number of carboxylic acid groups (broad SMARTS) is 1. The maximum absolute atomic E-state index is 14.2. The number of halogens is 1. The van der Waals surface area contributed by atoms with Crippen LogP contribution in [-0.2, 0) is 14.4 Å². The number of rotatable bonds is 7. The van der Waals surface area contributed by atoms with Crippen molar-refractivity contribution >= 4 is 23.7 Å². The second kappa shape index (κ2) is 10.2. The first-order valence-electron chi connectivity index (χ1n) is 9.01. The molecule has 1 aliphatic heterocycles. The van der Waals surface area contributed by atoms with Crippen molar-refractivity contribution < 1.29 is 28.7 Å². The molecule has 7 nitrogen and oxygen atoms in total. The van der Waals surface area contributed by atoms with Crippen molar-refractivity contribution in [2.24, 2.45) is 0 Å². The van der Waals surface area contributed by atoms with Gasteiger partial charge in [-0.05, 0) is 37.5 Å². The SMILES string of the molecule is O=C(O)CCCCCC#Cc1ccc(C(=O)NC2CCC(=O)NC2=O)c(F)c1. The molecule has 3 N–H and O–H groups in total. The maximum Gasteiger partial charge on any atom is 0.303 e. The van der Waals surface area contributed by atoms with E-state index in [9.17, 15) is 23.6 Å². The average Bonchev–Trinajstić information content (AvgIpc) is 2.63. The zero-order valence-corrected chi connectivity index (χ0v) is 15.2. The van der Waals surface area contributed by atoms with Crippen LogP contribution in [0.5, 0.6) is 0 Å². The zero-order chi connectivity index (χ0) is 20.5. The molecule has 2 rings (SSSR count). The molecule has 0 spiro atoms. The first-order valence-corrected chi connectivity index (χ1v) is 9.01. The van der Waals surface area contributed by atoms with Crippen molar-refractivity contribution in [2.45, 2.75) is 51.0 Å². The fraction of sp³-hybridized carbons (Fsp3) is 0.400. The standard InChI is InChI=1S/C20H21FN2O5/c21-15-12-13(6-4-2-1-3-5-7-18(25)26)8-9-14(15)19(27)22-16-10-11-17(24)23-20(16)28/h8-9,12,16H,1-3,5,7,10-11H2,(H,22,27)(H,25,26)(H,23,24,28). The fourth-order valence-electron chi connectivity index (χ4n) is 2.68. The highest BCUT2D eigenvalue weighted by molar-refractivity contribution is 6.03. The van der Waals surface area contributed by atoms with Crippen LogP contribution in [0.4, 0.5) is 4.39 Å². The summed E-state index contributed by atoms with van der Waals surface area (Å²) in [6, 6.07) is 3.09. The van der Waals surface area contributed by atoms with Crippen LogP contribution in [0.3, 0.4) is 0 Å². The van der Waals surface area contributed by atoms with Gasteiger partial charge in [-0.2, -0.15) is 0 Å². The summed E-state index contributed by atoms with van der Waals surface area (Å²) in [6.45, 7) is 0. The lowest BCUT2D eigenvalue weighted by atomic mass is 10.0. The lowest BCUT2D eigenvalue weighted by Gasteiger charge is -2.21. The highest BCUT2D eigenvalue weighted by atomic mass is 19.1. The van der Waals surface area contributed by atoms with Crippen LogP contribution in [-0.4, -0.2) is 34.8 Å². The van der Waals surface area contributed by atoms with Crippen LogP contribution >= 0.6 is 0 Å². The summed E-state index contributed by atoms with van der Waals surface area (Å²) in [4.78, 5) is 45.4. The number of carboxylic acids is 1. The molecule has 3 amide bonds. The molecule has 8 heteroatoms. The van der Waals surface area contributed by atoms with E-state index < -0.39 is 35.5 Å². The molecule has 1 unspecified atom stereocenters. The van der Waals surface area contributed by atoms with Crippen molar-refractivity contribution in [3.63, 3.8) is 0 Å². The molecule has 1 aliphatic rings. The van der Waals surface area contributed by atoms with Crippen LogP contribution in [0.1, 0.15) is 60.9 Å². The van der Waals surface area contributed by atoms with E-state index in [1.54, 1.807) is 0 Å². The summed E-state index contributed by atoms with van der Waals surface area (Å²) in [5, 5.41) is 13.1. The third-order valence-electron chi connectivity index (χ3n) is 4.18. The van der Waals surface area contributed by atoms with Crippen LogP contribution in [0.25, 0.3) is 0 Å². The van der Waals surface area contributed by atoms with E-state index >= 15 is 0 Å². The number of carbonyl (C=O) groups excluding carboxylic acids is 3. The minimum absolute atomic E-state index is 0.115. The predicted octanol–water partition coefficient (Wildman–Crippen LogP) is 1.75. The summed E-state index contributed by atoms with van der Waals surface area (Å²) < 4.78 is 14.2. The topological polar surface area (TPSA) is 113 Å². The van der Waals surface area contributed by atoms with Crippen molar-refractivity contribution in [3.8, 4) is 11.8 Å². The van der Waals surface area contributed by atoms with Gasteiger partial charge in [-0.1, -0.05) is 18.3 Å². The van der Waals surface area contributed by atoms with E-state index in [2.05, 4.69) is 22.5 Å². The summed E-state index contributed by atoms with van der Waals surface area (Å²) in [5.74, 6) is 2.40. The summed E-state index contributed by atoms with van der Waals surface area (Å²) in [6.07, 6.45) is 3.12. The van der Waals surface area contributed by atoms with Gasteiger partial charge in [-0.3, -0.25) is 24.5 Å². The molecule has 1 saturated heterocycles. The van der Waals surface area contributed by atoms with Gasteiger partial charge in [-0.25, -0.2) is 4.39 Å². The Bertz CT molecular complexity index is 841. The number of unbranched alkanes of at least 4 members (excludes halogenated alkanes) is 3. The first-order chi connectivity index (χ1) is 13.4. The molecule has 1 aromatic rings. The lowest BCUT2D eigenvalue weighted by molar-refractivity contribution is -0.137. The molecule has 1 fully saturated rings. The van der Waals surface area contributed by atoms with Crippen molar-refractivity contribution in [1.82, 2.24) is 10.6 Å². The number of hydrogen-bond acceptors (Lipinski definition) is 4. The Morgan fingerprint density at radius 3 is 2.71 bits per heavy atom. The quantitative estimate of drug-likeness (QED) is 0.374. The van der Waals surface area contributed by atoms with E-state index in [0.717, 1.165) is 18.9 Å². The summed E-state index contributed by atoms with van der Waals surface area (Å²) >= 11 is 0. The maximum atomic E-state index is 14.2. The minimum Gasteiger partial charge on any atom is -0.481 e. The molecule has 148 valence electrons. The van der Waals surface area contributed by atoms with Gasteiger partial charge in [0.15, 0.2) is 0 Å². The van der Waals surface area contributed by atoms with E-state index in [1.807, 2.05) is 0 Å². The number of nitrogens with one attached hydrogen (secondary N) is 2. The molecule has 0 radical (unpaired) electrons. The molecule has 28 heavy (non-hydrogen) atoms. The van der Waals surface area contributed by atoms with Gasteiger partial charge >= 0.3 is 5.97 Å². The zero-order valence-electron chi connectivity index (χ0n) is 15.2. The second-order valence-corrected chi connectivity index (χ2v) is 6.43. The molecule has 1 heterocycles. The lowest BCUT2D eigenvalue weighted by Crippen LogP contribution is -2.52. The Morgan fingerprint density at radius 2 is 2.04 bits per heavy atom. The van der Waals surface area contributed by atoms with Crippen molar-refractivity contribution in [2.75, 3.05) is 0 Å². The Labute approximate surface area is 161 Å². The van der Waals surface area contributed by atoms with Gasteiger partial charge in [-0.15, -0.1) is 0 Å². The number of hydrogen-bond donors (Lipinski definition) is 3. The molecule has 0 saturated carbocycles. The molecule has 1 aromatic carbocycles. The first kappa shape index (κ1) is 21.1. The average molecular weight is 388 g/mol. The Kier molecular flexibility index (Phi) is 7.69. The third kappa shape index (κ3) is 6.50. The van der Waals surface area contributed by atoms with Gasteiger partial charge in [0.25, 0.3) is 5.91 Å². The van der Waals surface area contributed by atoms with Crippen molar-refractivity contribution in [1.29, 1.82) is 0 Å². The highest BCUT2D eigenvalue weighted by Crippen LogP contribution is 2.12. The number of aliphatic carboxylic acids is 1. The molecular weight excluding hydrogens is 367 g/mol. The van der Waals surface area contributed by atoms with Crippen LogP contribution < -0.4 is 10.6 Å². The van der Waals surface area contributed by atoms with Crippen molar-refractivity contribution in [3.05, 3.63) is 35.1 Å². The van der Waals surface area contributed by atoms with Crippen LogP contribution in [0.15, 0.2) is 18.2 Å². The number of carbonyl (C=O) groups is 4. The van der Waals surface area contributed by atoms with E-state index in [0.29, 0.717) is 18.4 Å². The highest BCUT2D eigenvalue weighted by Gasteiger charge is 2.28.